The average Bonchev–Trinajstić information content (AvgIpc) is 3.22. The second-order valence-corrected chi connectivity index (χ2v) is 6.52. The quantitative estimate of drug-likeness (QED) is 0.895. The van der Waals surface area contributed by atoms with Crippen LogP contribution < -0.4 is 5.32 Å². The van der Waals surface area contributed by atoms with Crippen molar-refractivity contribution in [1.82, 2.24) is 9.80 Å². The highest BCUT2D eigenvalue weighted by molar-refractivity contribution is 5.94. The first-order valence-electron chi connectivity index (χ1n) is 9.05. The van der Waals surface area contributed by atoms with Gasteiger partial charge in [0.1, 0.15) is 0 Å². The number of anilines is 1. The molecule has 0 bridgehead atoms. The minimum absolute atomic E-state index is 0.0277. The predicted octanol–water partition coefficient (Wildman–Crippen LogP) is 2.63. The largest absolute Gasteiger partial charge is 0.459 e. The summed E-state index contributed by atoms with van der Waals surface area (Å²) in [5, 5.41) is 2.97. The van der Waals surface area contributed by atoms with Crippen LogP contribution in [0.2, 0.25) is 0 Å². The lowest BCUT2D eigenvalue weighted by molar-refractivity contribution is -0.121. The Morgan fingerprint density at radius 3 is 2.38 bits per heavy atom. The standard InChI is InChI=1S/C20H25N3O3/c1-3-16-6-8-17(9-7-16)21-19(24)15(2)22-10-12-23(13-11-22)20(25)18-5-4-14-26-18/h4-9,14-15H,3,10-13H2,1-2H3,(H,21,24)/t15-/m0/s1. The van der Waals surface area contributed by atoms with Crippen molar-refractivity contribution < 1.29 is 14.0 Å². The molecule has 1 fully saturated rings. The van der Waals surface area contributed by atoms with Crippen LogP contribution >= 0.6 is 0 Å². The van der Waals surface area contributed by atoms with E-state index in [4.69, 9.17) is 4.42 Å². The summed E-state index contributed by atoms with van der Waals surface area (Å²) in [5.41, 5.74) is 2.05. The zero-order valence-electron chi connectivity index (χ0n) is 15.3. The minimum atomic E-state index is -0.248. The average molecular weight is 355 g/mol. The maximum atomic E-state index is 12.5. The van der Waals surface area contributed by atoms with Crippen LogP contribution in [0.15, 0.2) is 47.1 Å². The molecule has 1 atom stereocenters. The Kier molecular flexibility index (Phi) is 5.73. The molecule has 3 rings (SSSR count). The lowest BCUT2D eigenvalue weighted by Crippen LogP contribution is -2.54. The zero-order valence-corrected chi connectivity index (χ0v) is 15.3. The van der Waals surface area contributed by atoms with Crippen molar-refractivity contribution >= 4 is 17.5 Å². The maximum absolute atomic E-state index is 12.5. The highest BCUT2D eigenvalue weighted by Gasteiger charge is 2.28. The van der Waals surface area contributed by atoms with E-state index in [1.54, 1.807) is 17.0 Å². The summed E-state index contributed by atoms with van der Waals surface area (Å²) in [5.74, 6) is 0.239. The molecule has 0 saturated carbocycles. The molecule has 0 radical (unpaired) electrons. The molecule has 0 unspecified atom stereocenters. The summed E-state index contributed by atoms with van der Waals surface area (Å²) in [6.45, 7) is 6.50. The number of hydrogen-bond acceptors (Lipinski definition) is 4. The van der Waals surface area contributed by atoms with Gasteiger partial charge in [-0.05, 0) is 43.2 Å². The first kappa shape index (κ1) is 18.2. The van der Waals surface area contributed by atoms with Gasteiger partial charge >= 0.3 is 0 Å². The van der Waals surface area contributed by atoms with Gasteiger partial charge in [0.15, 0.2) is 5.76 Å². The fourth-order valence-electron chi connectivity index (χ4n) is 3.10. The summed E-state index contributed by atoms with van der Waals surface area (Å²) < 4.78 is 5.17. The number of amides is 2. The highest BCUT2D eigenvalue weighted by Crippen LogP contribution is 2.14. The molecule has 6 nitrogen and oxygen atoms in total. The number of nitrogens with zero attached hydrogens (tertiary/aromatic N) is 2. The molecular formula is C20H25N3O3. The third-order valence-electron chi connectivity index (χ3n) is 4.89. The maximum Gasteiger partial charge on any atom is 0.289 e. The van der Waals surface area contributed by atoms with Crippen LogP contribution in [0.4, 0.5) is 5.69 Å². The molecule has 26 heavy (non-hydrogen) atoms. The predicted molar refractivity (Wildman–Crippen MR) is 100 cm³/mol. The number of hydrogen-bond donors (Lipinski definition) is 1. The number of benzene rings is 1. The number of carbonyl (C=O) groups is 2. The van der Waals surface area contributed by atoms with Crippen molar-refractivity contribution in [2.75, 3.05) is 31.5 Å². The van der Waals surface area contributed by atoms with E-state index in [2.05, 4.69) is 17.1 Å². The zero-order chi connectivity index (χ0) is 18.5. The minimum Gasteiger partial charge on any atom is -0.459 e. The second-order valence-electron chi connectivity index (χ2n) is 6.52. The Hall–Kier alpha value is -2.60. The molecule has 2 amide bonds. The lowest BCUT2D eigenvalue weighted by Gasteiger charge is -2.37. The van der Waals surface area contributed by atoms with Crippen molar-refractivity contribution in [3.05, 3.63) is 54.0 Å². The molecule has 138 valence electrons. The smallest absolute Gasteiger partial charge is 0.289 e. The van der Waals surface area contributed by atoms with Crippen molar-refractivity contribution in [2.45, 2.75) is 26.3 Å². The van der Waals surface area contributed by atoms with E-state index in [0.717, 1.165) is 12.1 Å². The summed E-state index contributed by atoms with van der Waals surface area (Å²) in [6, 6.07) is 11.1. The van der Waals surface area contributed by atoms with Crippen LogP contribution in [-0.2, 0) is 11.2 Å². The fourth-order valence-corrected chi connectivity index (χ4v) is 3.10. The second kappa shape index (κ2) is 8.19. The molecule has 1 saturated heterocycles. The van der Waals surface area contributed by atoms with Crippen LogP contribution in [0.5, 0.6) is 0 Å². The highest BCUT2D eigenvalue weighted by atomic mass is 16.3. The molecule has 2 aromatic rings. The van der Waals surface area contributed by atoms with Crippen molar-refractivity contribution in [2.24, 2.45) is 0 Å². The van der Waals surface area contributed by atoms with Crippen LogP contribution in [0.1, 0.15) is 30.0 Å². The molecular weight excluding hydrogens is 330 g/mol. The van der Waals surface area contributed by atoms with Gasteiger partial charge in [0.05, 0.1) is 12.3 Å². The third kappa shape index (κ3) is 4.14. The van der Waals surface area contributed by atoms with E-state index in [1.165, 1.54) is 11.8 Å². The molecule has 6 heteroatoms. The van der Waals surface area contributed by atoms with Crippen molar-refractivity contribution in [3.63, 3.8) is 0 Å². The molecule has 1 N–H and O–H groups in total. The van der Waals surface area contributed by atoms with Crippen molar-refractivity contribution in [1.29, 1.82) is 0 Å². The Balaban J connectivity index is 1.51. The van der Waals surface area contributed by atoms with Gasteiger partial charge in [-0.3, -0.25) is 14.5 Å². The fraction of sp³-hybridized carbons (Fsp3) is 0.400. The van der Waals surface area contributed by atoms with Gasteiger partial charge in [0.25, 0.3) is 5.91 Å². The van der Waals surface area contributed by atoms with Gasteiger partial charge in [0.2, 0.25) is 5.91 Å². The number of aryl methyl sites for hydroxylation is 1. The number of rotatable bonds is 5. The Labute approximate surface area is 153 Å². The Morgan fingerprint density at radius 2 is 1.81 bits per heavy atom. The van der Waals surface area contributed by atoms with E-state index in [-0.39, 0.29) is 17.9 Å². The SMILES string of the molecule is CCc1ccc(NC(=O)[C@H](C)N2CCN(C(=O)c3ccco3)CC2)cc1. The number of carbonyl (C=O) groups excluding carboxylic acids is 2. The molecule has 1 aromatic carbocycles. The molecule has 1 aliphatic rings. The summed E-state index contributed by atoms with van der Waals surface area (Å²) in [4.78, 5) is 28.7. The van der Waals surface area contributed by atoms with Gasteiger partial charge in [-0.2, -0.15) is 0 Å². The van der Waals surface area contributed by atoms with E-state index in [9.17, 15) is 9.59 Å². The summed E-state index contributed by atoms with van der Waals surface area (Å²) >= 11 is 0. The summed E-state index contributed by atoms with van der Waals surface area (Å²) in [6.07, 6.45) is 2.48. The van der Waals surface area contributed by atoms with E-state index in [0.29, 0.717) is 31.9 Å². The van der Waals surface area contributed by atoms with Crippen LogP contribution in [0, 0.1) is 0 Å². The Morgan fingerprint density at radius 1 is 1.12 bits per heavy atom. The molecule has 0 aliphatic carbocycles. The molecule has 2 heterocycles. The number of nitrogens with one attached hydrogen (secondary N) is 1. The van der Waals surface area contributed by atoms with Gasteiger partial charge < -0.3 is 14.6 Å². The van der Waals surface area contributed by atoms with Crippen LogP contribution in [0.3, 0.4) is 0 Å². The van der Waals surface area contributed by atoms with Gasteiger partial charge in [-0.25, -0.2) is 0 Å². The van der Waals surface area contributed by atoms with Crippen molar-refractivity contribution in [3.8, 4) is 0 Å². The molecule has 1 aromatic heterocycles. The van der Waals surface area contributed by atoms with E-state index < -0.39 is 0 Å². The normalized spacial score (nSPS) is 16.3. The first-order chi connectivity index (χ1) is 12.6. The van der Waals surface area contributed by atoms with Gasteiger partial charge in [0, 0.05) is 31.9 Å². The topological polar surface area (TPSA) is 65.8 Å². The van der Waals surface area contributed by atoms with E-state index in [1.807, 2.05) is 31.2 Å². The van der Waals surface area contributed by atoms with Gasteiger partial charge in [-0.1, -0.05) is 19.1 Å². The Bertz CT molecular complexity index is 732. The van der Waals surface area contributed by atoms with Crippen LogP contribution in [0.25, 0.3) is 0 Å². The third-order valence-corrected chi connectivity index (χ3v) is 4.89. The molecule has 1 aliphatic heterocycles. The molecule has 0 spiro atoms. The van der Waals surface area contributed by atoms with Crippen LogP contribution in [-0.4, -0.2) is 53.8 Å². The first-order valence-corrected chi connectivity index (χ1v) is 9.05. The lowest BCUT2D eigenvalue weighted by atomic mass is 10.1. The number of furan rings is 1. The van der Waals surface area contributed by atoms with E-state index >= 15 is 0 Å². The monoisotopic (exact) mass is 355 g/mol. The number of piperazine rings is 1. The van der Waals surface area contributed by atoms with Gasteiger partial charge in [-0.15, -0.1) is 0 Å². The summed E-state index contributed by atoms with van der Waals surface area (Å²) in [7, 11) is 0.